The van der Waals surface area contributed by atoms with Crippen molar-refractivity contribution < 1.29 is 4.39 Å². The third-order valence-electron chi connectivity index (χ3n) is 3.51. The van der Waals surface area contributed by atoms with E-state index < -0.39 is 0 Å². The van der Waals surface area contributed by atoms with Gasteiger partial charge >= 0.3 is 0 Å². The van der Waals surface area contributed by atoms with Gasteiger partial charge in [0.2, 0.25) is 0 Å². The summed E-state index contributed by atoms with van der Waals surface area (Å²) in [5, 5.41) is 6.57. The first kappa shape index (κ1) is 13.3. The molecule has 3 aromatic rings. The molecule has 0 fully saturated rings. The summed E-state index contributed by atoms with van der Waals surface area (Å²) >= 11 is 1.77. The van der Waals surface area contributed by atoms with Crippen molar-refractivity contribution in [3.8, 4) is 0 Å². The van der Waals surface area contributed by atoms with Crippen LogP contribution in [0.1, 0.15) is 17.8 Å². The zero-order valence-electron chi connectivity index (χ0n) is 11.3. The molecule has 104 valence electrons. The second kappa shape index (κ2) is 5.77. The largest absolute Gasteiger partial charge is 0.346 e. The molecule has 1 unspecified atom stereocenters. The lowest BCUT2D eigenvalue weighted by Crippen LogP contribution is -2.22. The van der Waals surface area contributed by atoms with E-state index in [-0.39, 0.29) is 5.82 Å². The van der Waals surface area contributed by atoms with Gasteiger partial charge in [-0.3, -0.25) is 0 Å². The van der Waals surface area contributed by atoms with Gasteiger partial charge in [-0.2, -0.15) is 0 Å². The molecule has 1 aromatic carbocycles. The van der Waals surface area contributed by atoms with Crippen molar-refractivity contribution in [2.24, 2.45) is 0 Å². The Morgan fingerprint density at radius 1 is 1.30 bits per heavy atom. The maximum atomic E-state index is 13.1. The Labute approximate surface area is 121 Å². The van der Waals surface area contributed by atoms with Crippen molar-refractivity contribution in [2.45, 2.75) is 19.5 Å². The molecule has 0 amide bonds. The summed E-state index contributed by atoms with van der Waals surface area (Å²) in [6, 6.07) is 11.5. The number of halogens is 1. The minimum atomic E-state index is -0.181. The lowest BCUT2D eigenvalue weighted by molar-refractivity contribution is 0.542. The first-order chi connectivity index (χ1) is 9.74. The molecule has 1 atom stereocenters. The molecule has 2 nitrogen and oxygen atoms in total. The first-order valence-corrected chi connectivity index (χ1v) is 7.63. The molecule has 3 rings (SSSR count). The van der Waals surface area contributed by atoms with Crippen LogP contribution in [-0.4, -0.2) is 11.1 Å². The number of nitrogens with one attached hydrogen (secondary N) is 1. The molecule has 0 aliphatic heterocycles. The lowest BCUT2D eigenvalue weighted by Gasteiger charge is -2.13. The van der Waals surface area contributed by atoms with Gasteiger partial charge in [0.25, 0.3) is 0 Å². The second-order valence-corrected chi connectivity index (χ2v) is 5.88. The molecule has 0 aliphatic carbocycles. The Hall–Kier alpha value is -1.65. The smallest absolute Gasteiger partial charge is 0.123 e. The molecule has 0 saturated carbocycles. The first-order valence-electron chi connectivity index (χ1n) is 6.75. The fraction of sp³-hybridized carbons (Fsp3) is 0.250. The van der Waals surface area contributed by atoms with Crippen molar-refractivity contribution >= 4 is 22.2 Å². The molecule has 0 aliphatic rings. The molecule has 2 aromatic heterocycles. The van der Waals surface area contributed by atoms with Crippen molar-refractivity contribution in [2.75, 3.05) is 6.54 Å². The number of thiophene rings is 1. The minimum Gasteiger partial charge on any atom is -0.346 e. The van der Waals surface area contributed by atoms with Gasteiger partial charge in [-0.05, 0) is 42.6 Å². The van der Waals surface area contributed by atoms with Crippen LogP contribution in [0.5, 0.6) is 0 Å². The van der Waals surface area contributed by atoms with Crippen molar-refractivity contribution in [1.82, 2.24) is 9.88 Å². The summed E-state index contributed by atoms with van der Waals surface area (Å²) in [4.78, 5) is 1.35. The van der Waals surface area contributed by atoms with E-state index >= 15 is 0 Å². The summed E-state index contributed by atoms with van der Waals surface area (Å²) < 4.78 is 15.3. The summed E-state index contributed by atoms with van der Waals surface area (Å²) in [6.07, 6.45) is 2.02. The fourth-order valence-corrected chi connectivity index (χ4v) is 3.16. The Bertz CT molecular complexity index is 688. The summed E-state index contributed by atoms with van der Waals surface area (Å²) in [5.74, 6) is -0.181. The van der Waals surface area contributed by atoms with Crippen LogP contribution in [-0.2, 0) is 6.54 Å². The zero-order chi connectivity index (χ0) is 13.9. The highest BCUT2D eigenvalue weighted by Gasteiger charge is 2.06. The Morgan fingerprint density at radius 3 is 3.00 bits per heavy atom. The van der Waals surface area contributed by atoms with Crippen LogP contribution in [0, 0.1) is 5.82 Å². The predicted octanol–water partition coefficient (Wildman–Crippen LogP) is 4.19. The SMILES string of the molecule is CC(NCCn1ccc2cc(F)ccc21)c1cccs1. The highest BCUT2D eigenvalue weighted by atomic mass is 32.1. The number of benzene rings is 1. The van der Waals surface area contributed by atoms with Gasteiger partial charge in [-0.25, -0.2) is 4.39 Å². The molecule has 0 spiro atoms. The van der Waals surface area contributed by atoms with Gasteiger partial charge in [0, 0.05) is 41.1 Å². The number of fused-ring (bicyclic) bond motifs is 1. The molecule has 0 radical (unpaired) electrons. The molecule has 1 N–H and O–H groups in total. The zero-order valence-corrected chi connectivity index (χ0v) is 12.2. The highest BCUT2D eigenvalue weighted by molar-refractivity contribution is 7.10. The summed E-state index contributed by atoms with van der Waals surface area (Å²) in [6.45, 7) is 3.94. The quantitative estimate of drug-likeness (QED) is 0.745. The van der Waals surface area contributed by atoms with Gasteiger partial charge in [-0.1, -0.05) is 6.07 Å². The minimum absolute atomic E-state index is 0.181. The summed E-state index contributed by atoms with van der Waals surface area (Å²) in [5.41, 5.74) is 1.08. The third kappa shape index (κ3) is 2.76. The highest BCUT2D eigenvalue weighted by Crippen LogP contribution is 2.19. The fourth-order valence-electron chi connectivity index (χ4n) is 2.41. The van der Waals surface area contributed by atoms with Crippen LogP contribution in [0.3, 0.4) is 0 Å². The van der Waals surface area contributed by atoms with Crippen LogP contribution < -0.4 is 5.32 Å². The standard InChI is InChI=1S/C16H17FN2S/c1-12(16-3-2-10-20-16)18-7-9-19-8-6-13-11-14(17)4-5-15(13)19/h2-6,8,10-12,18H,7,9H2,1H3. The molecule has 4 heteroatoms. The number of nitrogens with zero attached hydrogens (tertiary/aromatic N) is 1. The topological polar surface area (TPSA) is 17.0 Å². The second-order valence-electron chi connectivity index (χ2n) is 4.90. The van der Waals surface area contributed by atoms with Gasteiger partial charge in [0.05, 0.1) is 0 Å². The van der Waals surface area contributed by atoms with E-state index in [9.17, 15) is 4.39 Å². The Morgan fingerprint density at radius 2 is 2.20 bits per heavy atom. The normalized spacial score (nSPS) is 12.9. The van der Waals surface area contributed by atoms with Crippen LogP contribution in [0.15, 0.2) is 48.0 Å². The van der Waals surface area contributed by atoms with Gasteiger partial charge < -0.3 is 9.88 Å². The van der Waals surface area contributed by atoms with E-state index in [1.54, 1.807) is 17.4 Å². The van der Waals surface area contributed by atoms with E-state index in [0.29, 0.717) is 6.04 Å². The Balaban J connectivity index is 1.63. The van der Waals surface area contributed by atoms with Crippen LogP contribution in [0.25, 0.3) is 10.9 Å². The lowest BCUT2D eigenvalue weighted by atomic mass is 10.2. The van der Waals surface area contributed by atoms with Crippen LogP contribution in [0.2, 0.25) is 0 Å². The third-order valence-corrected chi connectivity index (χ3v) is 4.56. The van der Waals surface area contributed by atoms with Crippen molar-refractivity contribution in [1.29, 1.82) is 0 Å². The van der Waals surface area contributed by atoms with Gasteiger partial charge in [0.15, 0.2) is 0 Å². The van der Waals surface area contributed by atoms with E-state index in [1.165, 1.54) is 10.9 Å². The average molecular weight is 288 g/mol. The number of hydrogen-bond donors (Lipinski definition) is 1. The molecule has 0 saturated heterocycles. The molecule has 20 heavy (non-hydrogen) atoms. The number of hydrogen-bond acceptors (Lipinski definition) is 2. The molecule has 2 heterocycles. The van der Waals surface area contributed by atoms with E-state index in [1.807, 2.05) is 18.3 Å². The van der Waals surface area contributed by atoms with Crippen LogP contribution in [0.4, 0.5) is 4.39 Å². The molecule has 0 bridgehead atoms. The van der Waals surface area contributed by atoms with Crippen LogP contribution >= 0.6 is 11.3 Å². The van der Waals surface area contributed by atoms with E-state index in [4.69, 9.17) is 0 Å². The average Bonchev–Trinajstić information content (AvgIpc) is 3.08. The maximum Gasteiger partial charge on any atom is 0.123 e. The molecular weight excluding hydrogens is 271 g/mol. The Kier molecular flexibility index (Phi) is 3.85. The predicted molar refractivity (Wildman–Crippen MR) is 82.6 cm³/mol. The monoisotopic (exact) mass is 288 g/mol. The summed E-state index contributed by atoms with van der Waals surface area (Å²) in [7, 11) is 0. The van der Waals surface area contributed by atoms with E-state index in [2.05, 4.69) is 34.3 Å². The maximum absolute atomic E-state index is 13.1. The van der Waals surface area contributed by atoms with Gasteiger partial charge in [-0.15, -0.1) is 11.3 Å². The van der Waals surface area contributed by atoms with Crippen molar-refractivity contribution in [3.05, 3.63) is 58.7 Å². The number of rotatable bonds is 5. The van der Waals surface area contributed by atoms with E-state index in [0.717, 1.165) is 24.0 Å². The van der Waals surface area contributed by atoms with Crippen molar-refractivity contribution in [3.63, 3.8) is 0 Å². The van der Waals surface area contributed by atoms with Gasteiger partial charge in [0.1, 0.15) is 5.82 Å². The molecular formula is C16H17FN2S. The number of aromatic nitrogens is 1.